The molecule has 0 radical (unpaired) electrons. The van der Waals surface area contributed by atoms with E-state index in [0.29, 0.717) is 19.3 Å². The average Bonchev–Trinajstić information content (AvgIpc) is 3.00. The van der Waals surface area contributed by atoms with Crippen LogP contribution in [0.4, 0.5) is 0 Å². The molecule has 3 unspecified atom stereocenters. The Morgan fingerprint density at radius 2 is 2.13 bits per heavy atom. The molecule has 2 rings (SSSR count). The highest BCUT2D eigenvalue weighted by atomic mass is 32.2. The summed E-state index contributed by atoms with van der Waals surface area (Å²) in [6, 6.07) is -1.32. The summed E-state index contributed by atoms with van der Waals surface area (Å²) < 4.78 is 23.1. The molecule has 0 saturated carbocycles. The number of carbonyl (C=O) groups is 3. The van der Waals surface area contributed by atoms with E-state index in [4.69, 9.17) is 5.11 Å². The average molecular weight is 346 g/mol. The third kappa shape index (κ3) is 4.21. The number of hydrogen-bond donors (Lipinski definition) is 2. The molecule has 2 amide bonds. The third-order valence-corrected chi connectivity index (χ3v) is 6.12. The molecule has 0 bridgehead atoms. The second kappa shape index (κ2) is 6.86. The quantitative estimate of drug-likeness (QED) is 0.662. The van der Waals surface area contributed by atoms with E-state index in [9.17, 15) is 22.8 Å². The van der Waals surface area contributed by atoms with Crippen molar-refractivity contribution < 1.29 is 27.9 Å². The molecule has 9 heteroatoms. The summed E-state index contributed by atoms with van der Waals surface area (Å²) in [5.74, 6) is -2.40. The van der Waals surface area contributed by atoms with Gasteiger partial charge in [-0.1, -0.05) is 13.3 Å². The number of hydrogen-bond acceptors (Lipinski definition) is 5. The number of rotatable bonds is 6. The van der Waals surface area contributed by atoms with Crippen molar-refractivity contribution in [2.75, 3.05) is 18.1 Å². The fourth-order valence-electron chi connectivity index (χ4n) is 3.12. The molecule has 2 aliphatic heterocycles. The van der Waals surface area contributed by atoms with E-state index in [2.05, 4.69) is 5.32 Å². The lowest BCUT2D eigenvalue weighted by Crippen LogP contribution is -2.44. The van der Waals surface area contributed by atoms with Crippen molar-refractivity contribution in [3.8, 4) is 0 Å². The summed E-state index contributed by atoms with van der Waals surface area (Å²) in [7, 11) is -3.10. The Balaban J connectivity index is 1.96. The van der Waals surface area contributed by atoms with E-state index < -0.39 is 33.7 Å². The van der Waals surface area contributed by atoms with Crippen molar-refractivity contribution in [2.24, 2.45) is 5.92 Å². The van der Waals surface area contributed by atoms with Gasteiger partial charge in [-0.3, -0.25) is 9.59 Å². The van der Waals surface area contributed by atoms with Crippen LogP contribution in [-0.4, -0.2) is 66.3 Å². The Morgan fingerprint density at radius 1 is 1.43 bits per heavy atom. The van der Waals surface area contributed by atoms with Crippen LogP contribution < -0.4 is 5.32 Å². The van der Waals surface area contributed by atoms with Gasteiger partial charge in [-0.2, -0.15) is 0 Å². The summed E-state index contributed by atoms with van der Waals surface area (Å²) in [5.41, 5.74) is 0. The van der Waals surface area contributed by atoms with Crippen molar-refractivity contribution in [3.63, 3.8) is 0 Å². The van der Waals surface area contributed by atoms with Gasteiger partial charge in [0.2, 0.25) is 11.8 Å². The Morgan fingerprint density at radius 3 is 2.65 bits per heavy atom. The van der Waals surface area contributed by atoms with Crippen LogP contribution in [0, 0.1) is 5.92 Å². The fraction of sp³-hybridized carbons (Fsp3) is 0.786. The van der Waals surface area contributed by atoms with E-state index in [1.807, 2.05) is 6.92 Å². The lowest BCUT2D eigenvalue weighted by atomic mass is 10.1. The highest BCUT2D eigenvalue weighted by Crippen LogP contribution is 2.26. The molecule has 23 heavy (non-hydrogen) atoms. The predicted molar refractivity (Wildman–Crippen MR) is 81.4 cm³/mol. The van der Waals surface area contributed by atoms with Crippen molar-refractivity contribution in [3.05, 3.63) is 0 Å². The summed E-state index contributed by atoms with van der Waals surface area (Å²) in [5, 5.41) is 11.5. The smallest absolute Gasteiger partial charge is 0.326 e. The molecule has 2 saturated heterocycles. The third-order valence-electron chi connectivity index (χ3n) is 4.37. The van der Waals surface area contributed by atoms with Crippen molar-refractivity contribution in [2.45, 2.75) is 44.7 Å². The number of likely N-dealkylation sites (tertiary alicyclic amines) is 1. The molecule has 0 aliphatic carbocycles. The maximum Gasteiger partial charge on any atom is 0.326 e. The zero-order valence-electron chi connectivity index (χ0n) is 13.0. The molecular weight excluding hydrogens is 324 g/mol. The monoisotopic (exact) mass is 346 g/mol. The van der Waals surface area contributed by atoms with Gasteiger partial charge in [-0.25, -0.2) is 13.2 Å². The molecule has 2 heterocycles. The van der Waals surface area contributed by atoms with Gasteiger partial charge in [-0.05, 0) is 12.8 Å². The van der Waals surface area contributed by atoms with Gasteiger partial charge in [0.25, 0.3) is 0 Å². The van der Waals surface area contributed by atoms with Crippen LogP contribution in [0.3, 0.4) is 0 Å². The topological polar surface area (TPSA) is 121 Å². The molecule has 2 fully saturated rings. The molecule has 0 aromatic carbocycles. The first-order valence-corrected chi connectivity index (χ1v) is 9.58. The minimum absolute atomic E-state index is 0.000838. The van der Waals surface area contributed by atoms with Crippen molar-refractivity contribution in [1.29, 1.82) is 0 Å². The molecular formula is C14H22N2O6S. The first-order chi connectivity index (χ1) is 10.7. The van der Waals surface area contributed by atoms with Gasteiger partial charge in [0.05, 0.1) is 17.4 Å². The van der Waals surface area contributed by atoms with E-state index >= 15 is 0 Å². The highest BCUT2D eigenvalue weighted by molar-refractivity contribution is 7.91. The Labute approximate surface area is 135 Å². The van der Waals surface area contributed by atoms with Crippen LogP contribution in [-0.2, 0) is 24.2 Å². The second-order valence-corrected chi connectivity index (χ2v) is 8.42. The number of carboxylic acids is 1. The predicted octanol–water partition coefficient (Wildman–Crippen LogP) is -0.608. The maximum atomic E-state index is 12.2. The molecule has 3 atom stereocenters. The number of aliphatic carboxylic acids is 1. The summed E-state index contributed by atoms with van der Waals surface area (Å²) >= 11 is 0. The largest absolute Gasteiger partial charge is 0.480 e. The lowest BCUT2D eigenvalue weighted by molar-refractivity contribution is -0.142. The molecule has 130 valence electrons. The van der Waals surface area contributed by atoms with E-state index in [-0.39, 0.29) is 36.4 Å². The standard InChI is InChI=1S/C14H22N2O6S/c1-2-3-11(14(19)20)15-13(18)9-6-12(17)16(7-9)10-4-5-23(21,22)8-10/h9-11H,2-8H2,1H3,(H,15,18)(H,19,20). The summed E-state index contributed by atoms with van der Waals surface area (Å²) in [6.45, 7) is 1.98. The lowest BCUT2D eigenvalue weighted by Gasteiger charge is -2.23. The van der Waals surface area contributed by atoms with Crippen molar-refractivity contribution >= 4 is 27.6 Å². The van der Waals surface area contributed by atoms with Crippen LogP contribution in [0.5, 0.6) is 0 Å². The van der Waals surface area contributed by atoms with Crippen LogP contribution in [0.25, 0.3) is 0 Å². The van der Waals surface area contributed by atoms with Gasteiger partial charge >= 0.3 is 5.97 Å². The molecule has 0 spiro atoms. The van der Waals surface area contributed by atoms with Gasteiger partial charge in [0.1, 0.15) is 6.04 Å². The minimum atomic E-state index is -3.10. The second-order valence-electron chi connectivity index (χ2n) is 6.19. The number of nitrogens with one attached hydrogen (secondary N) is 1. The Bertz CT molecular complexity index is 602. The minimum Gasteiger partial charge on any atom is -0.480 e. The van der Waals surface area contributed by atoms with Gasteiger partial charge < -0.3 is 15.3 Å². The van der Waals surface area contributed by atoms with E-state index in [1.165, 1.54) is 4.90 Å². The zero-order valence-corrected chi connectivity index (χ0v) is 13.8. The zero-order chi connectivity index (χ0) is 17.2. The van der Waals surface area contributed by atoms with Crippen LogP contribution in [0.15, 0.2) is 0 Å². The first-order valence-electron chi connectivity index (χ1n) is 7.76. The molecule has 0 aromatic heterocycles. The van der Waals surface area contributed by atoms with Gasteiger partial charge in [0.15, 0.2) is 9.84 Å². The molecule has 0 aromatic rings. The first kappa shape index (κ1) is 17.7. The number of carboxylic acid groups (broad SMARTS) is 1. The highest BCUT2D eigenvalue weighted by Gasteiger charge is 2.42. The van der Waals surface area contributed by atoms with Crippen molar-refractivity contribution in [1.82, 2.24) is 10.2 Å². The van der Waals surface area contributed by atoms with Gasteiger partial charge in [0, 0.05) is 19.0 Å². The fourth-order valence-corrected chi connectivity index (χ4v) is 4.85. The Hall–Kier alpha value is -1.64. The summed E-state index contributed by atoms with van der Waals surface area (Å²) in [4.78, 5) is 36.8. The molecule has 2 N–H and O–H groups in total. The van der Waals surface area contributed by atoms with E-state index in [1.54, 1.807) is 0 Å². The number of nitrogens with zero attached hydrogens (tertiary/aromatic N) is 1. The van der Waals surface area contributed by atoms with Gasteiger partial charge in [-0.15, -0.1) is 0 Å². The molecule has 8 nitrogen and oxygen atoms in total. The SMILES string of the molecule is CCCC(NC(=O)C1CC(=O)N(C2CCS(=O)(=O)C2)C1)C(=O)O. The van der Waals surface area contributed by atoms with Crippen LogP contribution >= 0.6 is 0 Å². The normalized spacial score (nSPS) is 27.9. The molecule has 2 aliphatic rings. The number of sulfone groups is 1. The maximum absolute atomic E-state index is 12.2. The summed E-state index contributed by atoms with van der Waals surface area (Å²) in [6.07, 6.45) is 1.34. The van der Waals surface area contributed by atoms with E-state index in [0.717, 1.165) is 0 Å². The number of amides is 2. The Kier molecular flexibility index (Phi) is 5.28. The van der Waals surface area contributed by atoms with Crippen LogP contribution in [0.1, 0.15) is 32.6 Å². The number of carbonyl (C=O) groups excluding carboxylic acids is 2. The van der Waals surface area contributed by atoms with Crippen LogP contribution in [0.2, 0.25) is 0 Å².